The number of nitrogens with zero attached hydrogens (tertiary/aromatic N) is 2. The zero-order valence-electron chi connectivity index (χ0n) is 14.2. The fraction of sp³-hybridized carbons (Fsp3) is 0.211. The molecule has 0 aliphatic rings. The lowest BCUT2D eigenvalue weighted by atomic mass is 10.1. The van der Waals surface area contributed by atoms with Crippen LogP contribution >= 0.6 is 0 Å². The number of methoxy groups -OCH3 is 1. The van der Waals surface area contributed by atoms with Crippen LogP contribution in [-0.2, 0) is 4.74 Å². The number of aryl methyl sites for hydroxylation is 1. The molecule has 25 heavy (non-hydrogen) atoms. The third-order valence-corrected chi connectivity index (χ3v) is 3.93. The molecular weight excluding hydrogens is 320 g/mol. The van der Waals surface area contributed by atoms with E-state index in [0.29, 0.717) is 17.0 Å². The Bertz CT molecular complexity index is 928. The van der Waals surface area contributed by atoms with Gasteiger partial charge in [-0.3, -0.25) is 4.79 Å². The molecule has 0 radical (unpaired) electrons. The summed E-state index contributed by atoms with van der Waals surface area (Å²) >= 11 is 0. The molecule has 0 saturated heterocycles. The molecule has 0 bridgehead atoms. The molecule has 0 aliphatic carbocycles. The summed E-state index contributed by atoms with van der Waals surface area (Å²) in [6.45, 7) is 3.46. The van der Waals surface area contributed by atoms with Crippen molar-refractivity contribution in [2.75, 3.05) is 7.11 Å². The van der Waals surface area contributed by atoms with E-state index in [2.05, 4.69) is 4.98 Å². The van der Waals surface area contributed by atoms with Crippen molar-refractivity contribution in [2.45, 2.75) is 20.0 Å². The molecule has 2 aromatic heterocycles. The van der Waals surface area contributed by atoms with Gasteiger partial charge in [0.25, 0.3) is 0 Å². The molecule has 0 amide bonds. The standard InChI is InChI=1S/C19H18N2O4/c1-12-5-4-6-17-20-16(11-21(12)17)19(23)25-13(2)18(22)14-7-9-15(24-3)10-8-14/h4-11,13H,1-3H3/t13-/m0/s1. The molecule has 0 spiro atoms. The fourth-order valence-corrected chi connectivity index (χ4v) is 2.51. The molecule has 0 N–H and O–H groups in total. The quantitative estimate of drug-likeness (QED) is 0.528. The van der Waals surface area contributed by atoms with E-state index < -0.39 is 12.1 Å². The first-order chi connectivity index (χ1) is 12.0. The van der Waals surface area contributed by atoms with Gasteiger partial charge >= 0.3 is 5.97 Å². The SMILES string of the molecule is COc1ccc(C(=O)[C@H](C)OC(=O)c2cn3c(C)cccc3n2)cc1. The van der Waals surface area contributed by atoms with Crippen LogP contribution in [0.3, 0.4) is 0 Å². The molecule has 0 fully saturated rings. The molecule has 0 unspecified atom stereocenters. The minimum Gasteiger partial charge on any atom is -0.497 e. The minimum absolute atomic E-state index is 0.170. The summed E-state index contributed by atoms with van der Waals surface area (Å²) in [6.07, 6.45) is 0.698. The van der Waals surface area contributed by atoms with E-state index in [1.165, 1.54) is 0 Å². The largest absolute Gasteiger partial charge is 0.497 e. The number of hydrogen-bond donors (Lipinski definition) is 0. The van der Waals surface area contributed by atoms with Crippen LogP contribution in [0.25, 0.3) is 5.65 Å². The summed E-state index contributed by atoms with van der Waals surface area (Å²) in [5.74, 6) is -0.255. The number of pyridine rings is 1. The van der Waals surface area contributed by atoms with E-state index in [0.717, 1.165) is 5.69 Å². The average Bonchev–Trinajstić information content (AvgIpc) is 3.07. The lowest BCUT2D eigenvalue weighted by Gasteiger charge is -2.11. The molecule has 0 saturated carbocycles. The number of carbonyl (C=O) groups is 2. The molecule has 128 valence electrons. The second-order valence-electron chi connectivity index (χ2n) is 5.66. The van der Waals surface area contributed by atoms with Gasteiger partial charge in [0.2, 0.25) is 5.78 Å². The Balaban J connectivity index is 1.74. The number of carbonyl (C=O) groups excluding carboxylic acids is 2. The number of fused-ring (bicyclic) bond motifs is 1. The zero-order chi connectivity index (χ0) is 18.0. The first-order valence-corrected chi connectivity index (χ1v) is 7.83. The highest BCUT2D eigenvalue weighted by Gasteiger charge is 2.22. The normalized spacial score (nSPS) is 12.0. The summed E-state index contributed by atoms with van der Waals surface area (Å²) in [4.78, 5) is 28.9. The van der Waals surface area contributed by atoms with E-state index in [1.807, 2.05) is 19.1 Å². The van der Waals surface area contributed by atoms with Crippen molar-refractivity contribution in [1.29, 1.82) is 0 Å². The lowest BCUT2D eigenvalue weighted by molar-refractivity contribution is 0.0313. The predicted molar refractivity (Wildman–Crippen MR) is 92.1 cm³/mol. The number of benzene rings is 1. The van der Waals surface area contributed by atoms with Gasteiger partial charge < -0.3 is 13.9 Å². The Labute approximate surface area is 145 Å². The Morgan fingerprint density at radius 1 is 1.12 bits per heavy atom. The molecule has 0 aliphatic heterocycles. The maximum absolute atomic E-state index is 12.4. The summed E-state index contributed by atoms with van der Waals surface area (Å²) < 4.78 is 12.1. The second kappa shape index (κ2) is 6.76. The van der Waals surface area contributed by atoms with Crippen LogP contribution < -0.4 is 4.74 Å². The van der Waals surface area contributed by atoms with Crippen molar-refractivity contribution in [3.05, 3.63) is 65.6 Å². The summed E-state index contributed by atoms with van der Waals surface area (Å²) in [6, 6.07) is 12.2. The Morgan fingerprint density at radius 2 is 1.84 bits per heavy atom. The Kier molecular flexibility index (Phi) is 4.52. The first-order valence-electron chi connectivity index (χ1n) is 7.83. The van der Waals surface area contributed by atoms with Gasteiger partial charge in [-0.2, -0.15) is 0 Å². The highest BCUT2D eigenvalue weighted by Crippen LogP contribution is 2.15. The molecule has 2 heterocycles. The van der Waals surface area contributed by atoms with Gasteiger partial charge in [-0.1, -0.05) is 6.07 Å². The smallest absolute Gasteiger partial charge is 0.359 e. The Hall–Kier alpha value is -3.15. The molecule has 1 aromatic carbocycles. The van der Waals surface area contributed by atoms with Gasteiger partial charge in [0, 0.05) is 17.5 Å². The minimum atomic E-state index is -0.910. The topological polar surface area (TPSA) is 69.9 Å². The highest BCUT2D eigenvalue weighted by molar-refractivity contribution is 6.01. The molecule has 3 aromatic rings. The molecule has 3 rings (SSSR count). The molecule has 1 atom stereocenters. The average molecular weight is 338 g/mol. The number of Topliss-reactive ketones (excluding diaryl/α,β-unsaturated/α-hetero) is 1. The highest BCUT2D eigenvalue weighted by atomic mass is 16.5. The van der Waals surface area contributed by atoms with Gasteiger partial charge in [0.1, 0.15) is 11.4 Å². The van der Waals surface area contributed by atoms with Crippen molar-refractivity contribution >= 4 is 17.4 Å². The number of esters is 1. The maximum Gasteiger partial charge on any atom is 0.359 e. The van der Waals surface area contributed by atoms with Crippen LogP contribution in [0.15, 0.2) is 48.7 Å². The fourth-order valence-electron chi connectivity index (χ4n) is 2.51. The van der Waals surface area contributed by atoms with Crippen molar-refractivity contribution in [3.8, 4) is 5.75 Å². The second-order valence-corrected chi connectivity index (χ2v) is 5.66. The van der Waals surface area contributed by atoms with E-state index in [9.17, 15) is 9.59 Å². The van der Waals surface area contributed by atoms with Crippen LogP contribution in [0.1, 0.15) is 33.5 Å². The Morgan fingerprint density at radius 3 is 2.48 bits per heavy atom. The van der Waals surface area contributed by atoms with E-state index in [-0.39, 0.29) is 11.5 Å². The van der Waals surface area contributed by atoms with Crippen molar-refractivity contribution in [1.82, 2.24) is 9.38 Å². The van der Waals surface area contributed by atoms with Gasteiger partial charge in [-0.15, -0.1) is 0 Å². The van der Waals surface area contributed by atoms with Crippen LogP contribution in [0.4, 0.5) is 0 Å². The third kappa shape index (κ3) is 3.38. The summed E-state index contributed by atoms with van der Waals surface area (Å²) in [5.41, 5.74) is 2.23. The van der Waals surface area contributed by atoms with E-state index >= 15 is 0 Å². The molecule has 6 heteroatoms. The van der Waals surface area contributed by atoms with Crippen LogP contribution in [-0.4, -0.2) is 34.4 Å². The van der Waals surface area contributed by atoms with Crippen molar-refractivity contribution in [2.24, 2.45) is 0 Å². The number of ether oxygens (including phenoxy) is 2. The van der Waals surface area contributed by atoms with Crippen LogP contribution in [0.5, 0.6) is 5.75 Å². The van der Waals surface area contributed by atoms with E-state index in [4.69, 9.17) is 9.47 Å². The van der Waals surface area contributed by atoms with E-state index in [1.54, 1.807) is 55.0 Å². The van der Waals surface area contributed by atoms with Crippen LogP contribution in [0, 0.1) is 6.92 Å². The van der Waals surface area contributed by atoms with Gasteiger partial charge in [-0.05, 0) is 50.2 Å². The van der Waals surface area contributed by atoms with Crippen molar-refractivity contribution in [3.63, 3.8) is 0 Å². The zero-order valence-corrected chi connectivity index (χ0v) is 14.2. The summed E-state index contributed by atoms with van der Waals surface area (Å²) in [5, 5.41) is 0. The number of aromatic nitrogens is 2. The number of imidazole rings is 1. The molecular formula is C19H18N2O4. The molecule has 6 nitrogen and oxygen atoms in total. The predicted octanol–water partition coefficient (Wildman–Crippen LogP) is 3.08. The van der Waals surface area contributed by atoms with Gasteiger partial charge in [0.05, 0.1) is 7.11 Å². The number of ketones is 1. The van der Waals surface area contributed by atoms with Gasteiger partial charge in [0.15, 0.2) is 11.8 Å². The van der Waals surface area contributed by atoms with Gasteiger partial charge in [-0.25, -0.2) is 9.78 Å². The monoisotopic (exact) mass is 338 g/mol. The maximum atomic E-state index is 12.4. The number of rotatable bonds is 5. The van der Waals surface area contributed by atoms with Crippen molar-refractivity contribution < 1.29 is 19.1 Å². The first kappa shape index (κ1) is 16.7. The van der Waals surface area contributed by atoms with Crippen LogP contribution in [0.2, 0.25) is 0 Å². The third-order valence-electron chi connectivity index (χ3n) is 3.93. The number of hydrogen-bond acceptors (Lipinski definition) is 5. The lowest BCUT2D eigenvalue weighted by Crippen LogP contribution is -2.24. The summed E-state index contributed by atoms with van der Waals surface area (Å²) in [7, 11) is 1.55.